The highest BCUT2D eigenvalue weighted by Crippen LogP contribution is 2.26. The van der Waals surface area contributed by atoms with Gasteiger partial charge >= 0.3 is 0 Å². The number of anilines is 2. The lowest BCUT2D eigenvalue weighted by Crippen LogP contribution is -2.34. The van der Waals surface area contributed by atoms with Crippen LogP contribution in [0.2, 0.25) is 0 Å². The van der Waals surface area contributed by atoms with E-state index in [0.717, 1.165) is 22.1 Å². The molecule has 1 aliphatic heterocycles. The number of nitrogens with one attached hydrogen (secondary N) is 2. The van der Waals surface area contributed by atoms with Crippen LogP contribution in [0.5, 0.6) is 11.6 Å². The van der Waals surface area contributed by atoms with E-state index in [0.29, 0.717) is 24.0 Å². The summed E-state index contributed by atoms with van der Waals surface area (Å²) in [6.07, 6.45) is 3.02. The number of para-hydroxylation sites is 1. The minimum Gasteiger partial charge on any atom is -0.439 e. The molecule has 1 aromatic heterocycles. The van der Waals surface area contributed by atoms with E-state index in [1.807, 2.05) is 48.5 Å². The Bertz CT molecular complexity index is 965. The summed E-state index contributed by atoms with van der Waals surface area (Å²) in [4.78, 5) is 21.1. The molecule has 4 rings (SSSR count). The second-order valence-corrected chi connectivity index (χ2v) is 7.08. The van der Waals surface area contributed by atoms with Crippen molar-refractivity contribution in [2.45, 2.75) is 18.9 Å². The molecule has 0 spiro atoms. The SMILES string of the molecule is O=C1Nc2ccc(Br)cc2CCC1Nc1nccc(Oc2ccccc2)n1. The van der Waals surface area contributed by atoms with Crippen LogP contribution in [0.25, 0.3) is 0 Å². The van der Waals surface area contributed by atoms with Crippen LogP contribution in [-0.2, 0) is 11.2 Å². The zero-order chi connectivity index (χ0) is 18.6. The molecule has 6 nitrogen and oxygen atoms in total. The Balaban J connectivity index is 1.48. The molecule has 2 N–H and O–H groups in total. The summed E-state index contributed by atoms with van der Waals surface area (Å²) in [6, 6.07) is 16.5. The third kappa shape index (κ3) is 4.25. The Morgan fingerprint density at radius 3 is 2.85 bits per heavy atom. The van der Waals surface area contributed by atoms with Crippen molar-refractivity contribution in [3.05, 3.63) is 70.8 Å². The summed E-state index contributed by atoms with van der Waals surface area (Å²) in [5.74, 6) is 1.36. The smallest absolute Gasteiger partial charge is 0.246 e. The molecule has 2 heterocycles. The summed E-state index contributed by atoms with van der Waals surface area (Å²) < 4.78 is 6.72. The van der Waals surface area contributed by atoms with Crippen molar-refractivity contribution in [2.75, 3.05) is 10.6 Å². The fourth-order valence-corrected chi connectivity index (χ4v) is 3.32. The zero-order valence-electron chi connectivity index (χ0n) is 14.4. The maximum absolute atomic E-state index is 12.6. The van der Waals surface area contributed by atoms with Crippen molar-refractivity contribution in [1.29, 1.82) is 0 Å². The number of ether oxygens (including phenoxy) is 1. The molecule has 7 heteroatoms. The molecule has 2 aromatic carbocycles. The number of benzene rings is 2. The second-order valence-electron chi connectivity index (χ2n) is 6.16. The first-order valence-corrected chi connectivity index (χ1v) is 9.38. The van der Waals surface area contributed by atoms with E-state index in [2.05, 4.69) is 36.5 Å². The molecule has 136 valence electrons. The van der Waals surface area contributed by atoms with Gasteiger partial charge in [0.1, 0.15) is 11.8 Å². The number of carbonyl (C=O) groups is 1. The van der Waals surface area contributed by atoms with Crippen LogP contribution in [0.4, 0.5) is 11.6 Å². The number of amides is 1. The monoisotopic (exact) mass is 424 g/mol. The van der Waals surface area contributed by atoms with Crippen LogP contribution in [0.15, 0.2) is 65.3 Å². The Kier molecular flexibility index (Phi) is 5.02. The van der Waals surface area contributed by atoms with Gasteiger partial charge in [-0.25, -0.2) is 4.98 Å². The van der Waals surface area contributed by atoms with Gasteiger partial charge in [0.25, 0.3) is 0 Å². The van der Waals surface area contributed by atoms with Crippen molar-refractivity contribution in [1.82, 2.24) is 9.97 Å². The lowest BCUT2D eigenvalue weighted by Gasteiger charge is -2.15. The molecule has 0 saturated carbocycles. The quantitative estimate of drug-likeness (QED) is 0.648. The molecule has 3 aromatic rings. The Hall–Kier alpha value is -2.93. The highest BCUT2D eigenvalue weighted by Gasteiger charge is 2.24. The van der Waals surface area contributed by atoms with E-state index in [1.165, 1.54) is 0 Å². The number of hydrogen-bond donors (Lipinski definition) is 2. The second kappa shape index (κ2) is 7.75. The normalized spacial score (nSPS) is 16.0. The van der Waals surface area contributed by atoms with Gasteiger partial charge in [0.2, 0.25) is 17.7 Å². The predicted molar refractivity (Wildman–Crippen MR) is 107 cm³/mol. The molecule has 0 bridgehead atoms. The maximum Gasteiger partial charge on any atom is 0.246 e. The van der Waals surface area contributed by atoms with Crippen molar-refractivity contribution < 1.29 is 9.53 Å². The molecule has 0 fully saturated rings. The third-order valence-electron chi connectivity index (χ3n) is 4.24. The van der Waals surface area contributed by atoms with Crippen molar-refractivity contribution in [3.63, 3.8) is 0 Å². The van der Waals surface area contributed by atoms with Gasteiger partial charge in [-0.1, -0.05) is 34.1 Å². The average Bonchev–Trinajstić information content (AvgIpc) is 2.82. The van der Waals surface area contributed by atoms with Gasteiger partial charge in [-0.2, -0.15) is 4.98 Å². The zero-order valence-corrected chi connectivity index (χ0v) is 15.9. The van der Waals surface area contributed by atoms with E-state index < -0.39 is 6.04 Å². The number of carbonyl (C=O) groups excluding carboxylic acids is 1. The fraction of sp³-hybridized carbons (Fsp3) is 0.150. The van der Waals surface area contributed by atoms with Gasteiger partial charge in [-0.3, -0.25) is 4.79 Å². The highest BCUT2D eigenvalue weighted by atomic mass is 79.9. The van der Waals surface area contributed by atoms with Gasteiger partial charge in [-0.05, 0) is 48.7 Å². The van der Waals surface area contributed by atoms with Crippen LogP contribution >= 0.6 is 15.9 Å². The van der Waals surface area contributed by atoms with Crippen LogP contribution in [0.3, 0.4) is 0 Å². The van der Waals surface area contributed by atoms with E-state index in [4.69, 9.17) is 4.74 Å². The molecule has 0 radical (unpaired) electrons. The first-order chi connectivity index (χ1) is 13.2. The first-order valence-electron chi connectivity index (χ1n) is 8.59. The number of halogens is 1. The predicted octanol–water partition coefficient (Wildman–Crippen LogP) is 4.40. The fourth-order valence-electron chi connectivity index (χ4n) is 2.91. The average molecular weight is 425 g/mol. The molecular formula is C20H17BrN4O2. The number of fused-ring (bicyclic) bond motifs is 1. The molecule has 0 saturated heterocycles. The summed E-state index contributed by atoms with van der Waals surface area (Å²) in [5.41, 5.74) is 1.94. The molecule has 1 amide bonds. The number of hydrogen-bond acceptors (Lipinski definition) is 5. The minimum atomic E-state index is -0.428. The van der Waals surface area contributed by atoms with Crippen molar-refractivity contribution in [2.24, 2.45) is 0 Å². The van der Waals surface area contributed by atoms with Crippen LogP contribution < -0.4 is 15.4 Å². The molecule has 0 aliphatic carbocycles. The molecule has 27 heavy (non-hydrogen) atoms. The highest BCUT2D eigenvalue weighted by molar-refractivity contribution is 9.10. The summed E-state index contributed by atoms with van der Waals surface area (Å²) >= 11 is 3.47. The van der Waals surface area contributed by atoms with Crippen LogP contribution in [-0.4, -0.2) is 21.9 Å². The number of aromatic nitrogens is 2. The van der Waals surface area contributed by atoms with Crippen LogP contribution in [0, 0.1) is 0 Å². The van der Waals surface area contributed by atoms with E-state index in [9.17, 15) is 4.79 Å². The molecule has 1 atom stereocenters. The summed E-state index contributed by atoms with van der Waals surface area (Å²) in [7, 11) is 0. The Labute approximate surface area is 165 Å². The van der Waals surface area contributed by atoms with Crippen molar-refractivity contribution in [3.8, 4) is 11.6 Å². The van der Waals surface area contributed by atoms with E-state index >= 15 is 0 Å². The Morgan fingerprint density at radius 2 is 2.00 bits per heavy atom. The topological polar surface area (TPSA) is 76.1 Å². The van der Waals surface area contributed by atoms with Gasteiger partial charge in [0, 0.05) is 22.4 Å². The van der Waals surface area contributed by atoms with Gasteiger partial charge in [-0.15, -0.1) is 0 Å². The molecule has 1 aliphatic rings. The standard InChI is InChI=1S/C20H17BrN4O2/c21-14-7-9-16-13(12-14)6-8-17(19(26)23-16)24-20-22-11-10-18(25-20)27-15-4-2-1-3-5-15/h1-5,7,9-12,17H,6,8H2,(H,23,26)(H,22,24,25). The number of rotatable bonds is 4. The van der Waals surface area contributed by atoms with Crippen LogP contribution in [0.1, 0.15) is 12.0 Å². The van der Waals surface area contributed by atoms with Gasteiger partial charge in [0.15, 0.2) is 0 Å². The summed E-state index contributed by atoms with van der Waals surface area (Å²) in [5, 5.41) is 6.09. The number of aryl methyl sites for hydroxylation is 1. The first kappa shape index (κ1) is 17.5. The number of nitrogens with zero attached hydrogens (tertiary/aromatic N) is 2. The van der Waals surface area contributed by atoms with Gasteiger partial charge < -0.3 is 15.4 Å². The van der Waals surface area contributed by atoms with Gasteiger partial charge in [0.05, 0.1) is 0 Å². The lowest BCUT2D eigenvalue weighted by atomic mass is 10.1. The Morgan fingerprint density at radius 1 is 1.15 bits per heavy atom. The van der Waals surface area contributed by atoms with E-state index in [-0.39, 0.29) is 5.91 Å². The van der Waals surface area contributed by atoms with E-state index in [1.54, 1.807) is 12.3 Å². The maximum atomic E-state index is 12.6. The minimum absolute atomic E-state index is 0.103. The third-order valence-corrected chi connectivity index (χ3v) is 4.74. The largest absolute Gasteiger partial charge is 0.439 e. The van der Waals surface area contributed by atoms with Crippen molar-refractivity contribution >= 4 is 33.5 Å². The lowest BCUT2D eigenvalue weighted by molar-refractivity contribution is -0.116. The molecule has 1 unspecified atom stereocenters. The molecular weight excluding hydrogens is 408 g/mol. The summed E-state index contributed by atoms with van der Waals surface area (Å²) in [6.45, 7) is 0.